The number of hydrogen-bond acceptors (Lipinski definition) is 4. The number of aromatic nitrogens is 2. The van der Waals surface area contributed by atoms with Gasteiger partial charge in [0.15, 0.2) is 0 Å². The summed E-state index contributed by atoms with van der Waals surface area (Å²) in [5.41, 5.74) is 6.35. The second-order valence-corrected chi connectivity index (χ2v) is 2.85. The van der Waals surface area contributed by atoms with Gasteiger partial charge < -0.3 is 5.73 Å². The van der Waals surface area contributed by atoms with Gasteiger partial charge in [0, 0.05) is 6.07 Å². The van der Waals surface area contributed by atoms with Crippen LogP contribution in [0.4, 0.5) is 21.6 Å². The molecule has 0 saturated heterocycles. The van der Waals surface area contributed by atoms with Crippen LogP contribution >= 0.6 is 0 Å². The van der Waals surface area contributed by atoms with Gasteiger partial charge in [-0.15, -0.1) is 5.11 Å². The highest BCUT2D eigenvalue weighted by molar-refractivity contribution is 5.55. The summed E-state index contributed by atoms with van der Waals surface area (Å²) < 4.78 is 12.8. The highest BCUT2D eigenvalue weighted by Gasteiger charge is 1.98. The quantitative estimate of drug-likeness (QED) is 0.739. The molecule has 0 aliphatic heterocycles. The summed E-state index contributed by atoms with van der Waals surface area (Å²) in [5, 5.41) is 13.8. The van der Waals surface area contributed by atoms with Crippen LogP contribution in [0.25, 0.3) is 0 Å². The van der Waals surface area contributed by atoms with Crippen molar-refractivity contribution in [3.8, 4) is 0 Å². The summed E-state index contributed by atoms with van der Waals surface area (Å²) in [6.07, 6.45) is 1.44. The van der Waals surface area contributed by atoms with E-state index in [-0.39, 0.29) is 5.82 Å². The maximum Gasteiger partial charge on any atom is 0.147 e. The van der Waals surface area contributed by atoms with E-state index in [9.17, 15) is 4.39 Å². The molecule has 15 heavy (non-hydrogen) atoms. The predicted molar refractivity (Wildman–Crippen MR) is 53.6 cm³/mol. The Morgan fingerprint density at radius 2 is 2.20 bits per heavy atom. The number of nitrogen functional groups attached to an aromatic ring is 1. The van der Waals surface area contributed by atoms with Gasteiger partial charge in [-0.05, 0) is 12.1 Å². The van der Waals surface area contributed by atoms with Crippen molar-refractivity contribution >= 4 is 17.2 Å². The van der Waals surface area contributed by atoms with E-state index in [0.29, 0.717) is 17.2 Å². The molecule has 5 nitrogen and oxygen atoms in total. The Kier molecular flexibility index (Phi) is 2.40. The molecule has 0 atom stereocenters. The Balaban J connectivity index is 2.22. The first-order chi connectivity index (χ1) is 7.25. The van der Waals surface area contributed by atoms with E-state index in [1.165, 1.54) is 18.3 Å². The zero-order valence-electron chi connectivity index (χ0n) is 7.68. The summed E-state index contributed by atoms with van der Waals surface area (Å²) in [5.74, 6) is -0.0261. The molecule has 0 bridgehead atoms. The van der Waals surface area contributed by atoms with Gasteiger partial charge >= 0.3 is 0 Å². The molecular weight excluding hydrogens is 197 g/mol. The van der Waals surface area contributed by atoms with Crippen LogP contribution in [-0.4, -0.2) is 10.2 Å². The molecule has 1 aromatic carbocycles. The fourth-order valence-corrected chi connectivity index (χ4v) is 1.02. The van der Waals surface area contributed by atoms with Gasteiger partial charge in [0.05, 0.1) is 11.9 Å². The molecule has 0 fully saturated rings. The third-order valence-corrected chi connectivity index (χ3v) is 1.73. The van der Waals surface area contributed by atoms with E-state index in [1.807, 2.05) is 0 Å². The van der Waals surface area contributed by atoms with E-state index in [2.05, 4.69) is 20.4 Å². The van der Waals surface area contributed by atoms with Crippen molar-refractivity contribution in [1.82, 2.24) is 10.2 Å². The van der Waals surface area contributed by atoms with Gasteiger partial charge in [-0.2, -0.15) is 10.2 Å². The average molecular weight is 205 g/mol. The number of aromatic amines is 1. The van der Waals surface area contributed by atoms with E-state index in [0.717, 1.165) is 0 Å². The van der Waals surface area contributed by atoms with Crippen molar-refractivity contribution in [2.24, 2.45) is 10.2 Å². The number of benzene rings is 1. The van der Waals surface area contributed by atoms with Crippen molar-refractivity contribution in [2.75, 3.05) is 5.73 Å². The van der Waals surface area contributed by atoms with Gasteiger partial charge in [0.2, 0.25) is 0 Å². The minimum atomic E-state index is -0.355. The number of azo groups is 1. The van der Waals surface area contributed by atoms with Crippen LogP contribution in [0.15, 0.2) is 40.7 Å². The molecule has 76 valence electrons. The molecule has 0 saturated carbocycles. The largest absolute Gasteiger partial charge is 0.382 e. The maximum atomic E-state index is 12.8. The fraction of sp³-hybridized carbons (Fsp3) is 0. The SMILES string of the molecule is Nc1[nH]ncc1N=Nc1cccc(F)c1. The van der Waals surface area contributed by atoms with Crippen LogP contribution in [0.2, 0.25) is 0 Å². The second kappa shape index (κ2) is 3.87. The molecule has 0 unspecified atom stereocenters. The summed E-state index contributed by atoms with van der Waals surface area (Å²) in [4.78, 5) is 0. The van der Waals surface area contributed by atoms with E-state index in [1.54, 1.807) is 12.1 Å². The van der Waals surface area contributed by atoms with Crippen LogP contribution in [0.1, 0.15) is 0 Å². The molecule has 2 rings (SSSR count). The van der Waals surface area contributed by atoms with E-state index in [4.69, 9.17) is 5.73 Å². The number of nitrogens with zero attached hydrogens (tertiary/aromatic N) is 3. The lowest BCUT2D eigenvalue weighted by molar-refractivity contribution is 0.628. The average Bonchev–Trinajstić information content (AvgIpc) is 2.61. The molecule has 1 heterocycles. The minimum Gasteiger partial charge on any atom is -0.382 e. The van der Waals surface area contributed by atoms with E-state index >= 15 is 0 Å². The standard InChI is InChI=1S/C9H8FN5/c10-6-2-1-3-7(4-6)13-14-8-5-12-15-9(8)11/h1-5H,(H3,11,12,15). The molecule has 2 aromatic rings. The molecule has 0 radical (unpaired) electrons. The number of H-pyrrole nitrogens is 1. The van der Waals surface area contributed by atoms with E-state index < -0.39 is 0 Å². The lowest BCUT2D eigenvalue weighted by Gasteiger charge is -1.91. The number of rotatable bonds is 2. The number of anilines is 1. The van der Waals surface area contributed by atoms with Gasteiger partial charge in [-0.25, -0.2) is 4.39 Å². The lowest BCUT2D eigenvalue weighted by atomic mass is 10.3. The highest BCUT2D eigenvalue weighted by Crippen LogP contribution is 2.21. The monoisotopic (exact) mass is 205 g/mol. The molecule has 0 spiro atoms. The molecule has 0 aliphatic carbocycles. The van der Waals surface area contributed by atoms with Crippen molar-refractivity contribution in [3.63, 3.8) is 0 Å². The first-order valence-electron chi connectivity index (χ1n) is 4.22. The Hall–Kier alpha value is -2.24. The Labute approximate surface area is 84.8 Å². The Bertz CT molecular complexity index is 491. The number of nitrogens with two attached hydrogens (primary N) is 1. The fourth-order valence-electron chi connectivity index (χ4n) is 1.02. The summed E-state index contributed by atoms with van der Waals surface area (Å²) in [6.45, 7) is 0. The van der Waals surface area contributed by atoms with Gasteiger partial charge in [-0.3, -0.25) is 5.10 Å². The minimum absolute atomic E-state index is 0.329. The summed E-state index contributed by atoms with van der Waals surface area (Å²) >= 11 is 0. The van der Waals surface area contributed by atoms with Crippen LogP contribution in [-0.2, 0) is 0 Å². The molecule has 3 N–H and O–H groups in total. The van der Waals surface area contributed by atoms with Crippen LogP contribution in [0, 0.1) is 5.82 Å². The normalized spacial score (nSPS) is 11.0. The molecule has 0 aliphatic rings. The molecular formula is C9H8FN5. The smallest absolute Gasteiger partial charge is 0.147 e. The molecule has 1 aromatic heterocycles. The Morgan fingerprint density at radius 1 is 1.33 bits per heavy atom. The number of nitrogens with one attached hydrogen (secondary N) is 1. The van der Waals surface area contributed by atoms with Crippen LogP contribution < -0.4 is 5.73 Å². The van der Waals surface area contributed by atoms with Crippen molar-refractivity contribution < 1.29 is 4.39 Å². The first-order valence-corrected chi connectivity index (χ1v) is 4.22. The van der Waals surface area contributed by atoms with Gasteiger partial charge in [-0.1, -0.05) is 6.07 Å². The van der Waals surface area contributed by atoms with Crippen molar-refractivity contribution in [1.29, 1.82) is 0 Å². The molecule has 0 amide bonds. The maximum absolute atomic E-state index is 12.8. The summed E-state index contributed by atoms with van der Waals surface area (Å²) in [7, 11) is 0. The number of hydrogen-bond donors (Lipinski definition) is 2. The third kappa shape index (κ3) is 2.16. The van der Waals surface area contributed by atoms with Gasteiger partial charge in [0.25, 0.3) is 0 Å². The topological polar surface area (TPSA) is 79.4 Å². The Morgan fingerprint density at radius 3 is 2.87 bits per heavy atom. The second-order valence-electron chi connectivity index (χ2n) is 2.85. The third-order valence-electron chi connectivity index (χ3n) is 1.73. The molecule has 6 heteroatoms. The zero-order valence-corrected chi connectivity index (χ0v) is 7.68. The summed E-state index contributed by atoms with van der Waals surface area (Å²) in [6, 6.07) is 5.82. The van der Waals surface area contributed by atoms with Crippen molar-refractivity contribution in [2.45, 2.75) is 0 Å². The van der Waals surface area contributed by atoms with Crippen molar-refractivity contribution in [3.05, 3.63) is 36.3 Å². The predicted octanol–water partition coefficient (Wildman–Crippen LogP) is 2.55. The highest BCUT2D eigenvalue weighted by atomic mass is 19.1. The zero-order chi connectivity index (χ0) is 10.7. The first kappa shape index (κ1) is 9.32. The van der Waals surface area contributed by atoms with Gasteiger partial charge in [0.1, 0.15) is 17.3 Å². The number of halogens is 1. The lowest BCUT2D eigenvalue weighted by Crippen LogP contribution is -1.82. The van der Waals surface area contributed by atoms with Crippen LogP contribution in [0.3, 0.4) is 0 Å². The van der Waals surface area contributed by atoms with Crippen LogP contribution in [0.5, 0.6) is 0 Å².